The van der Waals surface area contributed by atoms with E-state index in [1.165, 1.54) is 4.90 Å². The molecule has 1 rings (SSSR count). The normalized spacial score (nSPS) is 11.7. The molecule has 21 heavy (non-hydrogen) atoms. The molecule has 1 aromatic rings. The first-order valence-electron chi connectivity index (χ1n) is 7.35. The molecule has 0 atom stereocenters. The van der Waals surface area contributed by atoms with Gasteiger partial charge in [-0.25, -0.2) is 4.98 Å². The molecular weight excluding hydrogens is 279 g/mol. The van der Waals surface area contributed by atoms with Crippen molar-refractivity contribution >= 4 is 5.82 Å². The highest BCUT2D eigenvalue weighted by Gasteiger charge is 2.31. The van der Waals surface area contributed by atoms with Crippen LogP contribution in [-0.2, 0) is 6.54 Å². The maximum atomic E-state index is 12.7. The van der Waals surface area contributed by atoms with Gasteiger partial charge in [0.25, 0.3) is 0 Å². The number of hydrogen-bond donors (Lipinski definition) is 1. The summed E-state index contributed by atoms with van der Waals surface area (Å²) in [5.41, 5.74) is 1.77. The van der Waals surface area contributed by atoms with Crippen LogP contribution in [-0.4, -0.2) is 30.8 Å². The van der Waals surface area contributed by atoms with Gasteiger partial charge in [-0.15, -0.1) is 0 Å². The number of nitrogens with zero attached hydrogens (tertiary/aromatic N) is 2. The smallest absolute Gasteiger partial charge is 0.347 e. The largest absolute Gasteiger partial charge is 0.405 e. The van der Waals surface area contributed by atoms with Crippen molar-refractivity contribution in [1.82, 2.24) is 10.3 Å². The summed E-state index contributed by atoms with van der Waals surface area (Å²) in [6, 6.07) is 1.91. The standard InChI is InChI=1S/C15H24F3N3/c1-4-6-19-9-13-8-12(3)14(20-10-13)21(7-5-2)11-15(16,17)18/h8,10,19H,4-7,9,11H2,1-3H3. The van der Waals surface area contributed by atoms with Crippen LogP contribution in [0.15, 0.2) is 12.3 Å². The molecule has 0 amide bonds. The summed E-state index contributed by atoms with van der Waals surface area (Å²) in [5, 5.41) is 3.26. The van der Waals surface area contributed by atoms with Gasteiger partial charge in [0, 0.05) is 19.3 Å². The molecule has 0 aliphatic rings. The Morgan fingerprint density at radius 3 is 2.48 bits per heavy atom. The van der Waals surface area contributed by atoms with Crippen LogP contribution in [0.2, 0.25) is 0 Å². The topological polar surface area (TPSA) is 28.2 Å². The lowest BCUT2D eigenvalue weighted by Gasteiger charge is -2.26. The number of aryl methyl sites for hydroxylation is 1. The van der Waals surface area contributed by atoms with Crippen molar-refractivity contribution in [2.45, 2.75) is 46.3 Å². The van der Waals surface area contributed by atoms with Gasteiger partial charge in [-0.1, -0.05) is 13.8 Å². The number of hydrogen-bond acceptors (Lipinski definition) is 3. The zero-order valence-electron chi connectivity index (χ0n) is 12.9. The van der Waals surface area contributed by atoms with Crippen molar-refractivity contribution in [3.8, 4) is 0 Å². The molecule has 0 aliphatic carbocycles. The Morgan fingerprint density at radius 1 is 1.24 bits per heavy atom. The monoisotopic (exact) mass is 303 g/mol. The van der Waals surface area contributed by atoms with E-state index >= 15 is 0 Å². The molecule has 1 heterocycles. The highest BCUT2D eigenvalue weighted by Crippen LogP contribution is 2.24. The third-order valence-electron chi connectivity index (χ3n) is 3.03. The van der Waals surface area contributed by atoms with Crippen molar-refractivity contribution in [1.29, 1.82) is 0 Å². The van der Waals surface area contributed by atoms with Gasteiger partial charge in [-0.3, -0.25) is 0 Å². The number of pyridine rings is 1. The highest BCUT2D eigenvalue weighted by atomic mass is 19.4. The summed E-state index contributed by atoms with van der Waals surface area (Å²) >= 11 is 0. The number of alkyl halides is 3. The SMILES string of the molecule is CCCNCc1cnc(N(CCC)CC(F)(F)F)c(C)c1. The number of aromatic nitrogens is 1. The van der Waals surface area contributed by atoms with Gasteiger partial charge in [0.2, 0.25) is 0 Å². The fourth-order valence-electron chi connectivity index (χ4n) is 2.21. The Balaban J connectivity index is 2.84. The van der Waals surface area contributed by atoms with Crippen LogP contribution in [0.4, 0.5) is 19.0 Å². The number of anilines is 1. The predicted molar refractivity (Wildman–Crippen MR) is 79.5 cm³/mol. The second-order valence-electron chi connectivity index (χ2n) is 5.20. The molecule has 1 aromatic heterocycles. The Labute approximate surface area is 124 Å². The van der Waals surface area contributed by atoms with Crippen molar-refractivity contribution in [3.63, 3.8) is 0 Å². The highest BCUT2D eigenvalue weighted by molar-refractivity contribution is 5.47. The van der Waals surface area contributed by atoms with Crippen molar-refractivity contribution in [2.24, 2.45) is 0 Å². The quantitative estimate of drug-likeness (QED) is 0.743. The average Bonchev–Trinajstić information content (AvgIpc) is 2.37. The second-order valence-corrected chi connectivity index (χ2v) is 5.20. The van der Waals surface area contributed by atoms with Gasteiger partial charge in [0.05, 0.1) is 0 Å². The molecule has 0 bridgehead atoms. The third-order valence-corrected chi connectivity index (χ3v) is 3.03. The molecule has 0 saturated heterocycles. The van der Waals surface area contributed by atoms with Crippen LogP contribution in [0.3, 0.4) is 0 Å². The summed E-state index contributed by atoms with van der Waals surface area (Å²) in [5.74, 6) is 0.424. The first kappa shape index (κ1) is 17.8. The first-order chi connectivity index (χ1) is 9.87. The van der Waals surface area contributed by atoms with E-state index in [1.807, 2.05) is 19.9 Å². The maximum Gasteiger partial charge on any atom is 0.405 e. The number of rotatable bonds is 8. The summed E-state index contributed by atoms with van der Waals surface area (Å²) in [7, 11) is 0. The molecule has 0 fully saturated rings. The Kier molecular flexibility index (Phi) is 6.95. The first-order valence-corrected chi connectivity index (χ1v) is 7.35. The molecule has 0 aromatic carbocycles. The Bertz CT molecular complexity index is 433. The van der Waals surface area contributed by atoms with Crippen molar-refractivity contribution < 1.29 is 13.2 Å². The molecule has 3 nitrogen and oxygen atoms in total. The van der Waals surface area contributed by atoms with Crippen molar-refractivity contribution in [3.05, 3.63) is 23.4 Å². The van der Waals surface area contributed by atoms with Gasteiger partial charge in [-0.05, 0) is 43.5 Å². The zero-order chi connectivity index (χ0) is 15.9. The van der Waals surface area contributed by atoms with Gasteiger partial charge in [0.15, 0.2) is 0 Å². The molecule has 120 valence electrons. The van der Waals surface area contributed by atoms with E-state index in [0.717, 1.165) is 24.1 Å². The third kappa shape index (κ3) is 6.33. The van der Waals surface area contributed by atoms with Gasteiger partial charge in [-0.2, -0.15) is 13.2 Å². The lowest BCUT2D eigenvalue weighted by atomic mass is 10.2. The van der Waals surface area contributed by atoms with Crippen LogP contribution in [0.25, 0.3) is 0 Å². The lowest BCUT2D eigenvalue weighted by molar-refractivity contribution is -0.119. The maximum absolute atomic E-state index is 12.7. The summed E-state index contributed by atoms with van der Waals surface area (Å²) in [4.78, 5) is 5.55. The van der Waals surface area contributed by atoms with E-state index in [-0.39, 0.29) is 0 Å². The van der Waals surface area contributed by atoms with E-state index in [9.17, 15) is 13.2 Å². The molecule has 0 radical (unpaired) electrons. The van der Waals surface area contributed by atoms with E-state index in [0.29, 0.717) is 25.3 Å². The molecule has 0 saturated carbocycles. The van der Waals surface area contributed by atoms with Gasteiger partial charge < -0.3 is 10.2 Å². The molecular formula is C15H24F3N3. The van der Waals surface area contributed by atoms with E-state index in [4.69, 9.17) is 0 Å². The lowest BCUT2D eigenvalue weighted by Crippen LogP contribution is -2.36. The Morgan fingerprint density at radius 2 is 1.95 bits per heavy atom. The zero-order valence-corrected chi connectivity index (χ0v) is 12.9. The van der Waals surface area contributed by atoms with Crippen LogP contribution in [0.5, 0.6) is 0 Å². The molecule has 1 N–H and O–H groups in total. The average molecular weight is 303 g/mol. The van der Waals surface area contributed by atoms with Crippen LogP contribution in [0.1, 0.15) is 37.8 Å². The summed E-state index contributed by atoms with van der Waals surface area (Å²) in [6.07, 6.45) is -0.869. The Hall–Kier alpha value is -1.30. The predicted octanol–water partition coefficient (Wildman–Crippen LogP) is 3.67. The number of nitrogens with one attached hydrogen (secondary N) is 1. The van der Waals surface area contributed by atoms with Crippen LogP contribution < -0.4 is 10.2 Å². The van der Waals surface area contributed by atoms with E-state index < -0.39 is 12.7 Å². The molecule has 0 spiro atoms. The summed E-state index contributed by atoms with van der Waals surface area (Å²) in [6.45, 7) is 6.75. The summed E-state index contributed by atoms with van der Waals surface area (Å²) < 4.78 is 38.0. The van der Waals surface area contributed by atoms with E-state index in [1.54, 1.807) is 6.20 Å². The second kappa shape index (κ2) is 8.22. The van der Waals surface area contributed by atoms with E-state index in [2.05, 4.69) is 17.2 Å². The minimum Gasteiger partial charge on any atom is -0.347 e. The van der Waals surface area contributed by atoms with Crippen LogP contribution >= 0.6 is 0 Å². The minimum absolute atomic E-state index is 0.348. The fourth-order valence-corrected chi connectivity index (χ4v) is 2.21. The fraction of sp³-hybridized carbons (Fsp3) is 0.667. The van der Waals surface area contributed by atoms with Crippen molar-refractivity contribution in [2.75, 3.05) is 24.5 Å². The minimum atomic E-state index is -4.22. The van der Waals surface area contributed by atoms with Gasteiger partial charge in [0.1, 0.15) is 12.4 Å². The molecule has 0 aliphatic heterocycles. The number of halogens is 3. The molecule has 6 heteroatoms. The van der Waals surface area contributed by atoms with Crippen LogP contribution in [0, 0.1) is 6.92 Å². The van der Waals surface area contributed by atoms with Gasteiger partial charge >= 0.3 is 6.18 Å². The molecule has 0 unspecified atom stereocenters.